The van der Waals surface area contributed by atoms with Gasteiger partial charge in [0.1, 0.15) is 0 Å². The summed E-state index contributed by atoms with van der Waals surface area (Å²) in [5.41, 5.74) is 9.93. The minimum absolute atomic E-state index is 0.632. The quantitative estimate of drug-likeness (QED) is 0.366. The van der Waals surface area contributed by atoms with Gasteiger partial charge < -0.3 is 5.32 Å². The molecule has 0 radical (unpaired) electrons. The number of benzene rings is 1. The molecule has 1 aromatic carbocycles. The van der Waals surface area contributed by atoms with Crippen LogP contribution in [0, 0.1) is 5.92 Å². The van der Waals surface area contributed by atoms with E-state index in [2.05, 4.69) is 80.5 Å². The van der Waals surface area contributed by atoms with E-state index in [1.165, 1.54) is 22.3 Å². The lowest BCUT2D eigenvalue weighted by atomic mass is 9.92. The summed E-state index contributed by atoms with van der Waals surface area (Å²) >= 11 is 0. The highest BCUT2D eigenvalue weighted by Crippen LogP contribution is 2.23. The molecular weight excluding hydrogens is 290 g/mol. The SMILES string of the molecule is C=C=C(/C=C/C1=CCC(C)C=C1C)Nc1ccc(CC(=C)C)cc1. The Morgan fingerprint density at radius 3 is 2.62 bits per heavy atom. The largest absolute Gasteiger partial charge is 0.349 e. The van der Waals surface area contributed by atoms with Crippen molar-refractivity contribution in [3.05, 3.63) is 95.4 Å². The van der Waals surface area contributed by atoms with Gasteiger partial charge >= 0.3 is 0 Å². The molecule has 0 saturated carbocycles. The fraction of sp³-hybridized carbons (Fsp3) is 0.261. The molecule has 1 atom stereocenters. The van der Waals surface area contributed by atoms with Crippen LogP contribution in [0.25, 0.3) is 0 Å². The van der Waals surface area contributed by atoms with E-state index in [9.17, 15) is 0 Å². The van der Waals surface area contributed by atoms with Gasteiger partial charge in [-0.05, 0) is 67.5 Å². The standard InChI is InChI=1S/C23H27N/c1-6-22(14-11-21-10-7-18(4)16-19(21)5)24-23-12-8-20(9-13-23)15-17(2)3/h8-14,16,18,24H,1-2,7,15H2,3-5H3/b14-11+. The molecule has 2 rings (SSSR count). The molecule has 0 aliphatic heterocycles. The summed E-state index contributed by atoms with van der Waals surface area (Å²) in [6.07, 6.45) is 10.8. The summed E-state index contributed by atoms with van der Waals surface area (Å²) in [4.78, 5) is 0. The zero-order valence-corrected chi connectivity index (χ0v) is 15.0. The second-order valence-corrected chi connectivity index (χ2v) is 6.60. The molecule has 0 saturated heterocycles. The van der Waals surface area contributed by atoms with Gasteiger partial charge in [0.2, 0.25) is 0 Å². The lowest BCUT2D eigenvalue weighted by molar-refractivity contribution is 0.724. The van der Waals surface area contributed by atoms with E-state index in [0.29, 0.717) is 5.92 Å². The summed E-state index contributed by atoms with van der Waals surface area (Å²) in [6, 6.07) is 8.41. The fourth-order valence-electron chi connectivity index (χ4n) is 2.79. The molecule has 1 heteroatoms. The van der Waals surface area contributed by atoms with Crippen molar-refractivity contribution in [2.24, 2.45) is 5.92 Å². The van der Waals surface area contributed by atoms with E-state index in [1.54, 1.807) is 0 Å². The third kappa shape index (κ3) is 5.30. The van der Waals surface area contributed by atoms with Crippen LogP contribution >= 0.6 is 0 Å². The third-order valence-corrected chi connectivity index (χ3v) is 4.06. The van der Waals surface area contributed by atoms with E-state index in [-0.39, 0.29) is 0 Å². The van der Waals surface area contributed by atoms with Gasteiger partial charge in [0.15, 0.2) is 0 Å². The maximum Gasteiger partial charge on any atom is 0.0811 e. The minimum atomic E-state index is 0.632. The molecule has 1 unspecified atom stereocenters. The van der Waals surface area contributed by atoms with Crippen molar-refractivity contribution in [1.29, 1.82) is 0 Å². The summed E-state index contributed by atoms with van der Waals surface area (Å²) in [5, 5.41) is 3.36. The Morgan fingerprint density at radius 2 is 2.04 bits per heavy atom. The summed E-state index contributed by atoms with van der Waals surface area (Å²) in [7, 11) is 0. The number of hydrogen-bond acceptors (Lipinski definition) is 1. The average molecular weight is 317 g/mol. The Kier molecular flexibility index (Phi) is 6.23. The number of rotatable bonds is 6. The van der Waals surface area contributed by atoms with Gasteiger partial charge in [-0.2, -0.15) is 0 Å². The van der Waals surface area contributed by atoms with Crippen molar-refractivity contribution in [3.63, 3.8) is 0 Å². The van der Waals surface area contributed by atoms with E-state index in [0.717, 1.165) is 24.2 Å². The summed E-state index contributed by atoms with van der Waals surface area (Å²) in [5.74, 6) is 0.632. The molecule has 24 heavy (non-hydrogen) atoms. The molecule has 1 aromatic rings. The molecule has 0 bridgehead atoms. The van der Waals surface area contributed by atoms with Crippen LogP contribution in [0.4, 0.5) is 5.69 Å². The van der Waals surface area contributed by atoms with Crippen molar-refractivity contribution >= 4 is 5.69 Å². The van der Waals surface area contributed by atoms with Gasteiger partial charge in [0.05, 0.1) is 5.70 Å². The van der Waals surface area contributed by atoms with Gasteiger partial charge in [-0.15, -0.1) is 5.73 Å². The van der Waals surface area contributed by atoms with Crippen molar-refractivity contribution in [2.75, 3.05) is 5.32 Å². The first-order chi connectivity index (χ1) is 11.5. The normalized spacial score (nSPS) is 17.0. The Labute approximate surface area is 146 Å². The first-order valence-electron chi connectivity index (χ1n) is 8.45. The predicted octanol–water partition coefficient (Wildman–Crippen LogP) is 6.35. The molecule has 0 heterocycles. The third-order valence-electron chi connectivity index (χ3n) is 4.06. The van der Waals surface area contributed by atoms with Crippen molar-refractivity contribution in [1.82, 2.24) is 0 Å². The van der Waals surface area contributed by atoms with Crippen LogP contribution in [0.15, 0.2) is 89.9 Å². The van der Waals surface area contributed by atoms with Gasteiger partial charge in [0.25, 0.3) is 0 Å². The molecule has 0 fully saturated rings. The van der Waals surface area contributed by atoms with Crippen LogP contribution in [0.3, 0.4) is 0 Å². The molecular formula is C23H27N. The van der Waals surface area contributed by atoms with Gasteiger partial charge in [-0.25, -0.2) is 0 Å². The summed E-state index contributed by atoms with van der Waals surface area (Å²) < 4.78 is 0. The Morgan fingerprint density at radius 1 is 1.33 bits per heavy atom. The topological polar surface area (TPSA) is 12.0 Å². The number of anilines is 1. The predicted molar refractivity (Wildman–Crippen MR) is 106 cm³/mol. The first-order valence-corrected chi connectivity index (χ1v) is 8.45. The maximum absolute atomic E-state index is 3.96. The van der Waals surface area contributed by atoms with Crippen LogP contribution in [-0.4, -0.2) is 0 Å². The molecule has 0 spiro atoms. The van der Waals surface area contributed by atoms with Crippen LogP contribution in [-0.2, 0) is 6.42 Å². The lowest BCUT2D eigenvalue weighted by Crippen LogP contribution is -1.99. The first kappa shape index (κ1) is 17.8. The number of nitrogens with one attached hydrogen (secondary N) is 1. The molecule has 1 aliphatic carbocycles. The van der Waals surface area contributed by atoms with Crippen molar-refractivity contribution in [3.8, 4) is 0 Å². The smallest absolute Gasteiger partial charge is 0.0811 e. The minimum Gasteiger partial charge on any atom is -0.349 e. The fourth-order valence-corrected chi connectivity index (χ4v) is 2.79. The summed E-state index contributed by atoms with van der Waals surface area (Å²) in [6.45, 7) is 14.2. The Balaban J connectivity index is 2.03. The second-order valence-electron chi connectivity index (χ2n) is 6.60. The van der Waals surface area contributed by atoms with E-state index in [1.807, 2.05) is 13.0 Å². The molecule has 1 N–H and O–H groups in total. The zero-order chi connectivity index (χ0) is 17.5. The lowest BCUT2D eigenvalue weighted by Gasteiger charge is -2.14. The van der Waals surface area contributed by atoms with Crippen molar-refractivity contribution in [2.45, 2.75) is 33.6 Å². The monoisotopic (exact) mass is 317 g/mol. The molecule has 0 amide bonds. The molecule has 1 nitrogen and oxygen atoms in total. The van der Waals surface area contributed by atoms with Gasteiger partial charge in [-0.3, -0.25) is 0 Å². The van der Waals surface area contributed by atoms with Crippen LogP contribution in [0.2, 0.25) is 0 Å². The highest BCUT2D eigenvalue weighted by molar-refractivity contribution is 5.53. The molecule has 0 aromatic heterocycles. The van der Waals surface area contributed by atoms with Gasteiger partial charge in [-0.1, -0.05) is 56.0 Å². The van der Waals surface area contributed by atoms with Gasteiger partial charge in [0, 0.05) is 5.69 Å². The highest BCUT2D eigenvalue weighted by Gasteiger charge is 2.06. The van der Waals surface area contributed by atoms with Crippen LogP contribution < -0.4 is 5.32 Å². The van der Waals surface area contributed by atoms with Crippen LogP contribution in [0.1, 0.15) is 32.8 Å². The Bertz CT molecular complexity index is 735. The van der Waals surface area contributed by atoms with Crippen molar-refractivity contribution < 1.29 is 0 Å². The maximum atomic E-state index is 3.96. The van der Waals surface area contributed by atoms with Crippen LogP contribution in [0.5, 0.6) is 0 Å². The number of hydrogen-bond donors (Lipinski definition) is 1. The number of allylic oxidation sites excluding steroid dienone is 7. The second kappa shape index (κ2) is 8.38. The zero-order valence-electron chi connectivity index (χ0n) is 15.0. The average Bonchev–Trinajstić information content (AvgIpc) is 2.54. The van der Waals surface area contributed by atoms with E-state index >= 15 is 0 Å². The van der Waals surface area contributed by atoms with E-state index in [4.69, 9.17) is 0 Å². The highest BCUT2D eigenvalue weighted by atomic mass is 14.9. The Hall–Kier alpha value is -2.50. The van der Waals surface area contributed by atoms with E-state index < -0.39 is 0 Å². The molecule has 1 aliphatic rings. The molecule has 124 valence electrons.